The second-order valence-corrected chi connectivity index (χ2v) is 10.9. The van der Waals surface area contributed by atoms with Gasteiger partial charge in [-0.2, -0.15) is 0 Å². The summed E-state index contributed by atoms with van der Waals surface area (Å²) in [4.78, 5) is 16.5. The van der Waals surface area contributed by atoms with E-state index >= 15 is 0 Å². The molecule has 0 bridgehead atoms. The van der Waals surface area contributed by atoms with Gasteiger partial charge >= 0.3 is 0 Å². The van der Waals surface area contributed by atoms with Gasteiger partial charge in [-0.05, 0) is 59.2 Å². The van der Waals surface area contributed by atoms with Crippen LogP contribution in [0.1, 0.15) is 35.3 Å². The molecule has 0 fully saturated rings. The average Bonchev–Trinajstić information content (AvgIpc) is 2.72. The van der Waals surface area contributed by atoms with Crippen molar-refractivity contribution in [3.63, 3.8) is 0 Å². The lowest BCUT2D eigenvalue weighted by Crippen LogP contribution is -2.43. The molecule has 4 rings (SSSR count). The zero-order chi connectivity index (χ0) is 23.1. The number of benzene rings is 2. The van der Waals surface area contributed by atoms with Gasteiger partial charge in [0.2, 0.25) is 0 Å². The highest BCUT2D eigenvalue weighted by Crippen LogP contribution is 2.34. The van der Waals surface area contributed by atoms with E-state index in [1.807, 2.05) is 30.3 Å². The molecule has 0 saturated heterocycles. The third-order valence-electron chi connectivity index (χ3n) is 5.51. The van der Waals surface area contributed by atoms with Gasteiger partial charge < -0.3 is 10.6 Å². The number of aromatic nitrogens is 1. The van der Waals surface area contributed by atoms with Crippen molar-refractivity contribution >= 4 is 27.2 Å². The van der Waals surface area contributed by atoms with Crippen LogP contribution in [0.25, 0.3) is 11.1 Å². The molecule has 0 aliphatic carbocycles. The van der Waals surface area contributed by atoms with E-state index in [4.69, 9.17) is 0 Å². The Hall–Kier alpha value is -3.26. The van der Waals surface area contributed by atoms with E-state index in [1.54, 1.807) is 6.20 Å². The molecule has 0 saturated carbocycles. The summed E-state index contributed by atoms with van der Waals surface area (Å²) in [5.41, 5.74) is 4.00. The monoisotopic (exact) mass is 453 g/mol. The van der Waals surface area contributed by atoms with E-state index in [0.29, 0.717) is 23.6 Å². The van der Waals surface area contributed by atoms with Gasteiger partial charge in [-0.25, -0.2) is 17.8 Å². The van der Waals surface area contributed by atoms with Crippen LogP contribution in [0.15, 0.2) is 54.7 Å². The maximum absolute atomic E-state index is 14.0. The van der Waals surface area contributed by atoms with E-state index < -0.39 is 15.7 Å². The summed E-state index contributed by atoms with van der Waals surface area (Å²) < 4.78 is 37.2. The zero-order valence-electron chi connectivity index (χ0n) is 18.1. The highest BCUT2D eigenvalue weighted by atomic mass is 32.2. The number of hydrogen-bond acceptors (Lipinski definition) is 5. The minimum atomic E-state index is -3.37. The Balaban J connectivity index is 1.64. The number of halogens is 1. The lowest BCUT2D eigenvalue weighted by molar-refractivity contribution is 0.0930. The van der Waals surface area contributed by atoms with Gasteiger partial charge in [0.15, 0.2) is 9.84 Å². The van der Waals surface area contributed by atoms with Gasteiger partial charge in [-0.3, -0.25) is 4.79 Å². The number of hydrogen-bond donors (Lipinski definition) is 2. The molecule has 1 amide bonds. The number of nitrogens with zero attached hydrogens (tertiary/aromatic N) is 1. The largest absolute Gasteiger partial charge is 0.351 e. The molecule has 166 valence electrons. The number of carbonyl (C=O) groups excluding carboxylic acids is 1. The van der Waals surface area contributed by atoms with Crippen molar-refractivity contribution in [2.75, 3.05) is 18.1 Å². The van der Waals surface area contributed by atoms with E-state index in [0.717, 1.165) is 22.9 Å². The molecule has 1 aromatic heterocycles. The van der Waals surface area contributed by atoms with Crippen molar-refractivity contribution in [1.29, 1.82) is 0 Å². The molecule has 2 heterocycles. The molecule has 32 heavy (non-hydrogen) atoms. The molecular formula is C24H24FN3O3S. The molecule has 8 heteroatoms. The second-order valence-electron chi connectivity index (χ2n) is 8.76. The van der Waals surface area contributed by atoms with Gasteiger partial charge in [0.25, 0.3) is 5.91 Å². The minimum absolute atomic E-state index is 0.0656. The van der Waals surface area contributed by atoms with Crippen LogP contribution in [-0.4, -0.2) is 32.1 Å². The van der Waals surface area contributed by atoms with Crippen molar-refractivity contribution in [2.24, 2.45) is 0 Å². The quantitative estimate of drug-likeness (QED) is 0.605. The first-order chi connectivity index (χ1) is 15.0. The molecule has 0 spiro atoms. The van der Waals surface area contributed by atoms with Gasteiger partial charge in [0, 0.05) is 41.2 Å². The van der Waals surface area contributed by atoms with Crippen LogP contribution in [-0.2, 0) is 21.0 Å². The van der Waals surface area contributed by atoms with Gasteiger partial charge in [0.05, 0.1) is 5.75 Å². The number of pyridine rings is 1. The van der Waals surface area contributed by atoms with Crippen LogP contribution in [0.3, 0.4) is 0 Å². The predicted octanol–water partition coefficient (Wildman–Crippen LogP) is 4.20. The van der Waals surface area contributed by atoms with Gasteiger partial charge in [-0.1, -0.05) is 19.9 Å². The number of nitrogens with one attached hydrogen (secondary N) is 2. The van der Waals surface area contributed by atoms with E-state index in [9.17, 15) is 17.6 Å². The van der Waals surface area contributed by atoms with Gasteiger partial charge in [-0.15, -0.1) is 0 Å². The fraction of sp³-hybridized carbons (Fsp3) is 0.250. The molecule has 0 unspecified atom stereocenters. The topological polar surface area (TPSA) is 88.2 Å². The molecule has 2 aromatic carbocycles. The van der Waals surface area contributed by atoms with Crippen LogP contribution in [0.2, 0.25) is 0 Å². The summed E-state index contributed by atoms with van der Waals surface area (Å²) in [5, 5.41) is 6.04. The lowest BCUT2D eigenvalue weighted by Gasteiger charge is -2.32. The molecule has 1 aliphatic heterocycles. The summed E-state index contributed by atoms with van der Waals surface area (Å²) in [6.07, 6.45) is 2.73. The summed E-state index contributed by atoms with van der Waals surface area (Å²) in [6, 6.07) is 13.8. The van der Waals surface area contributed by atoms with Crippen molar-refractivity contribution in [2.45, 2.75) is 25.0 Å². The fourth-order valence-corrected chi connectivity index (χ4v) is 4.63. The molecular weight excluding hydrogens is 429 g/mol. The molecule has 6 nitrogen and oxygen atoms in total. The minimum Gasteiger partial charge on any atom is -0.351 e. The van der Waals surface area contributed by atoms with Crippen LogP contribution < -0.4 is 10.6 Å². The molecule has 1 aliphatic rings. The first kappa shape index (κ1) is 22.0. The van der Waals surface area contributed by atoms with Crippen LogP contribution in [0.5, 0.6) is 0 Å². The predicted molar refractivity (Wildman–Crippen MR) is 123 cm³/mol. The number of amides is 1. The first-order valence-corrected chi connectivity index (χ1v) is 12.2. The van der Waals surface area contributed by atoms with Crippen molar-refractivity contribution in [3.05, 3.63) is 77.2 Å². The number of rotatable bonds is 5. The maximum atomic E-state index is 14.0. The Labute approximate surface area is 186 Å². The average molecular weight is 454 g/mol. The Morgan fingerprint density at radius 3 is 2.59 bits per heavy atom. The number of anilines is 2. The van der Waals surface area contributed by atoms with Gasteiger partial charge in [0.1, 0.15) is 11.6 Å². The Morgan fingerprint density at radius 1 is 1.09 bits per heavy atom. The molecule has 2 N–H and O–H groups in total. The Morgan fingerprint density at radius 2 is 1.84 bits per heavy atom. The summed E-state index contributed by atoms with van der Waals surface area (Å²) in [6.45, 7) is 4.76. The highest BCUT2D eigenvalue weighted by Gasteiger charge is 2.31. The maximum Gasteiger partial charge on any atom is 0.251 e. The smallest absolute Gasteiger partial charge is 0.251 e. The first-order valence-electron chi connectivity index (χ1n) is 10.1. The number of carbonyl (C=O) groups is 1. The molecule has 0 radical (unpaired) electrons. The molecule has 0 atom stereocenters. The fourth-order valence-electron chi connectivity index (χ4n) is 3.85. The number of fused-ring (bicyclic) bond motifs is 1. The van der Waals surface area contributed by atoms with E-state index in [2.05, 4.69) is 29.5 Å². The van der Waals surface area contributed by atoms with E-state index in [1.165, 1.54) is 18.2 Å². The standard InChI is InChI=1S/C24H24FN3O3S/c1-24(2)14-27-23(29)19-6-4-15(11-20(19)24)16-8-9-26-22(12-16)28-18-5-7-21(25)17(10-18)13-32(3,30)31/h4-12H,13-14H2,1-3H3,(H,26,28)(H,27,29). The highest BCUT2D eigenvalue weighted by molar-refractivity contribution is 7.89. The van der Waals surface area contributed by atoms with Crippen LogP contribution >= 0.6 is 0 Å². The zero-order valence-corrected chi connectivity index (χ0v) is 18.9. The number of sulfone groups is 1. The SMILES string of the molecule is CC1(C)CNC(=O)c2ccc(-c3ccnc(Nc4ccc(F)c(CS(C)(=O)=O)c4)c3)cc21. The summed E-state index contributed by atoms with van der Waals surface area (Å²) in [5.74, 6) is -0.470. The third kappa shape index (κ3) is 4.65. The lowest BCUT2D eigenvalue weighted by atomic mass is 9.78. The van der Waals surface area contributed by atoms with Crippen LogP contribution in [0, 0.1) is 5.82 Å². The van der Waals surface area contributed by atoms with Crippen LogP contribution in [0.4, 0.5) is 15.9 Å². The normalized spacial score (nSPS) is 15.1. The Kier molecular flexibility index (Phi) is 5.50. The van der Waals surface area contributed by atoms with Crippen molar-refractivity contribution in [1.82, 2.24) is 10.3 Å². The third-order valence-corrected chi connectivity index (χ3v) is 6.35. The van der Waals surface area contributed by atoms with Crippen molar-refractivity contribution in [3.8, 4) is 11.1 Å². The second kappa shape index (κ2) is 8.02. The van der Waals surface area contributed by atoms with Crippen molar-refractivity contribution < 1.29 is 17.6 Å². The summed E-state index contributed by atoms with van der Waals surface area (Å²) in [7, 11) is -3.37. The Bertz CT molecular complexity index is 1320. The summed E-state index contributed by atoms with van der Waals surface area (Å²) >= 11 is 0. The molecule has 3 aromatic rings. The van der Waals surface area contributed by atoms with E-state index in [-0.39, 0.29) is 22.6 Å².